The molecule has 1 fully saturated rings. The summed E-state index contributed by atoms with van der Waals surface area (Å²) in [6.07, 6.45) is 7.89. The van der Waals surface area contributed by atoms with Crippen molar-refractivity contribution in [1.29, 1.82) is 0 Å². The maximum Gasteiger partial charge on any atom is 0.317 e. The molecule has 0 amide bonds. The SMILES string of the molecule is CC(CC1CCCCC1)NCC(=O)O. The Morgan fingerprint density at radius 1 is 1.43 bits per heavy atom. The lowest BCUT2D eigenvalue weighted by molar-refractivity contribution is -0.136. The van der Waals surface area contributed by atoms with Gasteiger partial charge < -0.3 is 10.4 Å². The van der Waals surface area contributed by atoms with Gasteiger partial charge in [0.05, 0.1) is 6.54 Å². The third-order valence-corrected chi connectivity index (χ3v) is 3.01. The predicted octanol–water partition coefficient (Wildman–Crippen LogP) is 2.02. The molecule has 1 aliphatic rings. The number of rotatable bonds is 5. The summed E-state index contributed by atoms with van der Waals surface area (Å²) in [5.74, 6) is 0.0561. The molecule has 0 saturated heterocycles. The van der Waals surface area contributed by atoms with Gasteiger partial charge in [0, 0.05) is 6.04 Å². The van der Waals surface area contributed by atoms with Crippen LogP contribution in [0, 0.1) is 5.92 Å². The summed E-state index contributed by atoms with van der Waals surface area (Å²) >= 11 is 0. The van der Waals surface area contributed by atoms with Crippen molar-refractivity contribution >= 4 is 5.97 Å². The van der Waals surface area contributed by atoms with Gasteiger partial charge in [-0.2, -0.15) is 0 Å². The normalized spacial score (nSPS) is 20.6. The predicted molar refractivity (Wildman–Crippen MR) is 56.3 cm³/mol. The maximum atomic E-state index is 10.3. The molecule has 0 bridgehead atoms. The average molecular weight is 199 g/mol. The van der Waals surface area contributed by atoms with Crippen molar-refractivity contribution in [3.8, 4) is 0 Å². The first-order valence-corrected chi connectivity index (χ1v) is 5.63. The molecule has 0 aromatic heterocycles. The number of carbonyl (C=O) groups is 1. The zero-order chi connectivity index (χ0) is 10.4. The van der Waals surface area contributed by atoms with E-state index in [1.807, 2.05) is 0 Å². The van der Waals surface area contributed by atoms with Gasteiger partial charge in [-0.25, -0.2) is 0 Å². The third kappa shape index (κ3) is 4.61. The Morgan fingerprint density at radius 3 is 2.64 bits per heavy atom. The lowest BCUT2D eigenvalue weighted by Gasteiger charge is -2.24. The number of hydrogen-bond acceptors (Lipinski definition) is 2. The highest BCUT2D eigenvalue weighted by molar-refractivity contribution is 5.69. The van der Waals surface area contributed by atoms with Crippen molar-refractivity contribution in [2.45, 2.75) is 51.5 Å². The largest absolute Gasteiger partial charge is 0.480 e. The standard InChI is InChI=1S/C11H21NO2/c1-9(12-8-11(13)14)7-10-5-3-2-4-6-10/h9-10,12H,2-8H2,1H3,(H,13,14). The molecule has 0 heterocycles. The number of carboxylic acids is 1. The van der Waals surface area contributed by atoms with Gasteiger partial charge in [-0.3, -0.25) is 4.79 Å². The van der Waals surface area contributed by atoms with Gasteiger partial charge >= 0.3 is 5.97 Å². The number of hydrogen-bond donors (Lipinski definition) is 2. The molecule has 0 aromatic carbocycles. The molecule has 0 aliphatic heterocycles. The first-order chi connectivity index (χ1) is 6.68. The van der Waals surface area contributed by atoms with Gasteiger partial charge in [-0.15, -0.1) is 0 Å². The Hall–Kier alpha value is -0.570. The first-order valence-electron chi connectivity index (χ1n) is 5.63. The highest BCUT2D eigenvalue weighted by Crippen LogP contribution is 2.27. The number of nitrogens with one attached hydrogen (secondary N) is 1. The molecule has 0 aromatic rings. The second-order valence-electron chi connectivity index (χ2n) is 4.42. The molecule has 0 spiro atoms. The minimum atomic E-state index is -0.763. The summed E-state index contributed by atoms with van der Waals surface area (Å²) < 4.78 is 0. The van der Waals surface area contributed by atoms with E-state index in [2.05, 4.69) is 12.2 Å². The number of aliphatic carboxylic acids is 1. The molecule has 1 unspecified atom stereocenters. The van der Waals surface area contributed by atoms with Crippen molar-refractivity contribution < 1.29 is 9.90 Å². The summed E-state index contributed by atoms with van der Waals surface area (Å²) in [7, 11) is 0. The third-order valence-electron chi connectivity index (χ3n) is 3.01. The summed E-state index contributed by atoms with van der Waals surface area (Å²) in [6, 6.07) is 0.342. The highest BCUT2D eigenvalue weighted by atomic mass is 16.4. The molecule has 1 aliphatic carbocycles. The molecule has 1 saturated carbocycles. The Balaban J connectivity index is 2.11. The first kappa shape index (κ1) is 11.5. The summed E-state index contributed by atoms with van der Waals surface area (Å²) in [5.41, 5.74) is 0. The minimum absolute atomic E-state index is 0.0912. The fraction of sp³-hybridized carbons (Fsp3) is 0.909. The summed E-state index contributed by atoms with van der Waals surface area (Å²) in [6.45, 7) is 2.17. The van der Waals surface area contributed by atoms with Gasteiger partial charge in [0.25, 0.3) is 0 Å². The van der Waals surface area contributed by atoms with E-state index < -0.39 is 5.97 Å². The molecule has 1 rings (SSSR count). The summed E-state index contributed by atoms with van der Waals surface area (Å²) in [5, 5.41) is 11.5. The zero-order valence-corrected chi connectivity index (χ0v) is 8.96. The monoisotopic (exact) mass is 199 g/mol. The molecule has 82 valence electrons. The second-order valence-corrected chi connectivity index (χ2v) is 4.42. The fourth-order valence-electron chi connectivity index (χ4n) is 2.27. The van der Waals surface area contributed by atoms with E-state index in [0.29, 0.717) is 6.04 Å². The minimum Gasteiger partial charge on any atom is -0.480 e. The van der Waals surface area contributed by atoms with E-state index >= 15 is 0 Å². The van der Waals surface area contributed by atoms with E-state index in [1.54, 1.807) is 0 Å². The topological polar surface area (TPSA) is 49.3 Å². The van der Waals surface area contributed by atoms with Crippen LogP contribution in [0.4, 0.5) is 0 Å². The number of carboxylic acid groups (broad SMARTS) is 1. The maximum absolute atomic E-state index is 10.3. The lowest BCUT2D eigenvalue weighted by Crippen LogP contribution is -2.33. The van der Waals surface area contributed by atoms with Crippen LogP contribution in [0.15, 0.2) is 0 Å². The Morgan fingerprint density at radius 2 is 2.07 bits per heavy atom. The molecular formula is C11H21NO2. The average Bonchev–Trinajstić information content (AvgIpc) is 2.16. The second kappa shape index (κ2) is 6.02. The van der Waals surface area contributed by atoms with Gasteiger partial charge in [0.15, 0.2) is 0 Å². The molecule has 1 atom stereocenters. The van der Waals surface area contributed by atoms with Crippen molar-refractivity contribution in [1.82, 2.24) is 5.32 Å². The lowest BCUT2D eigenvalue weighted by atomic mass is 9.85. The van der Waals surface area contributed by atoms with Crippen LogP contribution >= 0.6 is 0 Å². The molecule has 2 N–H and O–H groups in total. The van der Waals surface area contributed by atoms with Gasteiger partial charge in [-0.1, -0.05) is 32.1 Å². The van der Waals surface area contributed by atoms with E-state index in [0.717, 1.165) is 12.3 Å². The van der Waals surface area contributed by atoms with Crippen LogP contribution in [0.5, 0.6) is 0 Å². The molecule has 3 heteroatoms. The van der Waals surface area contributed by atoms with E-state index in [9.17, 15) is 4.79 Å². The van der Waals surface area contributed by atoms with Crippen molar-refractivity contribution in [2.75, 3.05) is 6.54 Å². The Labute approximate surface area is 85.9 Å². The van der Waals surface area contributed by atoms with Crippen LogP contribution in [-0.4, -0.2) is 23.7 Å². The van der Waals surface area contributed by atoms with Crippen molar-refractivity contribution in [2.24, 2.45) is 5.92 Å². The Kier molecular flexibility index (Phi) is 4.94. The van der Waals surface area contributed by atoms with Crippen molar-refractivity contribution in [3.63, 3.8) is 0 Å². The van der Waals surface area contributed by atoms with E-state index in [4.69, 9.17) is 5.11 Å². The highest BCUT2D eigenvalue weighted by Gasteiger charge is 2.16. The Bertz CT molecular complexity index is 176. The van der Waals surface area contributed by atoms with E-state index in [-0.39, 0.29) is 6.54 Å². The van der Waals surface area contributed by atoms with Crippen LogP contribution in [0.3, 0.4) is 0 Å². The van der Waals surface area contributed by atoms with Gasteiger partial charge in [0.2, 0.25) is 0 Å². The van der Waals surface area contributed by atoms with Crippen LogP contribution < -0.4 is 5.32 Å². The molecule has 3 nitrogen and oxygen atoms in total. The van der Waals surface area contributed by atoms with E-state index in [1.165, 1.54) is 32.1 Å². The van der Waals surface area contributed by atoms with Crippen molar-refractivity contribution in [3.05, 3.63) is 0 Å². The van der Waals surface area contributed by atoms with Gasteiger partial charge in [0.1, 0.15) is 0 Å². The van der Waals surface area contributed by atoms with Crippen LogP contribution in [0.25, 0.3) is 0 Å². The van der Waals surface area contributed by atoms with Crippen LogP contribution in [0.1, 0.15) is 45.4 Å². The summed E-state index contributed by atoms with van der Waals surface area (Å²) in [4.78, 5) is 10.3. The quantitative estimate of drug-likeness (QED) is 0.712. The van der Waals surface area contributed by atoms with Gasteiger partial charge in [-0.05, 0) is 19.3 Å². The van der Waals surface area contributed by atoms with Crippen LogP contribution in [0.2, 0.25) is 0 Å². The molecule has 14 heavy (non-hydrogen) atoms. The molecular weight excluding hydrogens is 178 g/mol. The smallest absolute Gasteiger partial charge is 0.317 e. The zero-order valence-electron chi connectivity index (χ0n) is 8.96. The fourth-order valence-corrected chi connectivity index (χ4v) is 2.27. The molecule has 0 radical (unpaired) electrons. The van der Waals surface area contributed by atoms with Crippen LogP contribution in [-0.2, 0) is 4.79 Å².